The molecule has 0 unspecified atom stereocenters. The van der Waals surface area contributed by atoms with E-state index in [0.29, 0.717) is 13.1 Å². The highest BCUT2D eigenvalue weighted by atomic mass is 16.3. The van der Waals surface area contributed by atoms with Crippen molar-refractivity contribution in [2.45, 2.75) is 0 Å². The van der Waals surface area contributed by atoms with E-state index in [-0.39, 0.29) is 5.91 Å². The van der Waals surface area contributed by atoms with E-state index in [1.54, 1.807) is 23.5 Å². The largest absolute Gasteiger partial charge is 0.387 e. The van der Waals surface area contributed by atoms with Crippen LogP contribution >= 0.6 is 0 Å². The van der Waals surface area contributed by atoms with Crippen molar-refractivity contribution in [2.75, 3.05) is 37.7 Å². The topological polar surface area (TPSA) is 69.6 Å². The van der Waals surface area contributed by atoms with E-state index in [1.165, 1.54) is 0 Å². The molecule has 1 fully saturated rings. The third kappa shape index (κ3) is 2.27. The highest BCUT2D eigenvalue weighted by Crippen LogP contribution is 2.11. The molecule has 6 nitrogen and oxygen atoms in total. The van der Waals surface area contributed by atoms with Gasteiger partial charge in [-0.2, -0.15) is 0 Å². The van der Waals surface area contributed by atoms with Crippen LogP contribution in [0.3, 0.4) is 0 Å². The Bertz CT molecular complexity index is 349. The summed E-state index contributed by atoms with van der Waals surface area (Å²) in [7, 11) is 0. The number of anilines is 1. The van der Waals surface area contributed by atoms with Gasteiger partial charge in [0.2, 0.25) is 5.91 Å². The van der Waals surface area contributed by atoms with Crippen LogP contribution in [-0.2, 0) is 4.79 Å². The number of nitrogens with zero attached hydrogens (tertiary/aromatic N) is 4. The predicted octanol–water partition coefficient (Wildman–Crippen LogP) is -0.883. The second-order valence-corrected chi connectivity index (χ2v) is 3.59. The molecule has 2 heterocycles. The lowest BCUT2D eigenvalue weighted by atomic mass is 10.3. The number of aliphatic hydroxyl groups excluding tert-OH is 1. The van der Waals surface area contributed by atoms with Gasteiger partial charge in [0.25, 0.3) is 0 Å². The Balaban J connectivity index is 1.93. The smallest absolute Gasteiger partial charge is 0.248 e. The minimum absolute atomic E-state index is 0.209. The van der Waals surface area contributed by atoms with Crippen LogP contribution < -0.4 is 4.90 Å². The summed E-state index contributed by atoms with van der Waals surface area (Å²) in [5.74, 6) is 0.623. The summed E-state index contributed by atoms with van der Waals surface area (Å²) in [5.41, 5.74) is 0. The van der Waals surface area contributed by atoms with Gasteiger partial charge < -0.3 is 14.9 Å². The van der Waals surface area contributed by atoms with Gasteiger partial charge in [-0.05, 0) is 0 Å². The third-order valence-corrected chi connectivity index (χ3v) is 2.64. The van der Waals surface area contributed by atoms with Crippen LogP contribution in [0.15, 0.2) is 18.6 Å². The van der Waals surface area contributed by atoms with Crippen molar-refractivity contribution < 1.29 is 9.90 Å². The van der Waals surface area contributed by atoms with Crippen LogP contribution in [0.1, 0.15) is 0 Å². The summed E-state index contributed by atoms with van der Waals surface area (Å²) in [6, 6.07) is 0. The monoisotopic (exact) mass is 222 g/mol. The van der Waals surface area contributed by atoms with Crippen molar-refractivity contribution in [1.82, 2.24) is 14.9 Å². The van der Waals surface area contributed by atoms with Crippen LogP contribution in [-0.4, -0.2) is 58.7 Å². The van der Waals surface area contributed by atoms with Crippen LogP contribution in [0.4, 0.5) is 5.82 Å². The lowest BCUT2D eigenvalue weighted by molar-refractivity contribution is -0.134. The average molecular weight is 222 g/mol. The lowest BCUT2D eigenvalue weighted by Gasteiger charge is -2.34. The first-order valence-corrected chi connectivity index (χ1v) is 5.21. The van der Waals surface area contributed by atoms with Crippen LogP contribution in [0.2, 0.25) is 0 Å². The quantitative estimate of drug-likeness (QED) is 0.703. The van der Waals surface area contributed by atoms with E-state index in [4.69, 9.17) is 5.11 Å². The number of hydrogen-bond acceptors (Lipinski definition) is 5. The molecule has 1 saturated heterocycles. The van der Waals surface area contributed by atoms with E-state index in [0.717, 1.165) is 18.9 Å². The number of rotatable bonds is 2. The molecule has 1 aliphatic heterocycles. The molecular formula is C10H14N4O2. The molecule has 1 amide bonds. The second kappa shape index (κ2) is 4.89. The minimum atomic E-state index is -0.412. The van der Waals surface area contributed by atoms with Crippen LogP contribution in [0.5, 0.6) is 0 Å². The van der Waals surface area contributed by atoms with Gasteiger partial charge in [-0.3, -0.25) is 9.78 Å². The first-order chi connectivity index (χ1) is 7.81. The van der Waals surface area contributed by atoms with Gasteiger partial charge in [0, 0.05) is 38.6 Å². The number of amides is 1. The molecular weight excluding hydrogens is 208 g/mol. The highest BCUT2D eigenvalue weighted by Gasteiger charge is 2.20. The van der Waals surface area contributed by atoms with Gasteiger partial charge >= 0.3 is 0 Å². The van der Waals surface area contributed by atoms with Crippen LogP contribution in [0.25, 0.3) is 0 Å². The van der Waals surface area contributed by atoms with Crippen molar-refractivity contribution in [2.24, 2.45) is 0 Å². The fraction of sp³-hybridized carbons (Fsp3) is 0.500. The first kappa shape index (κ1) is 10.8. The van der Waals surface area contributed by atoms with Gasteiger partial charge in [0.1, 0.15) is 12.4 Å². The first-order valence-electron chi connectivity index (χ1n) is 5.21. The Kier molecular flexibility index (Phi) is 3.31. The zero-order valence-corrected chi connectivity index (χ0v) is 8.91. The number of hydrogen-bond donors (Lipinski definition) is 1. The molecule has 2 rings (SSSR count). The maximum atomic E-state index is 11.2. The molecule has 0 spiro atoms. The zero-order chi connectivity index (χ0) is 11.4. The van der Waals surface area contributed by atoms with Crippen molar-refractivity contribution in [3.05, 3.63) is 18.6 Å². The summed E-state index contributed by atoms with van der Waals surface area (Å²) in [4.78, 5) is 23.2. The molecule has 6 heteroatoms. The maximum Gasteiger partial charge on any atom is 0.248 e. The van der Waals surface area contributed by atoms with E-state index < -0.39 is 6.61 Å². The predicted molar refractivity (Wildman–Crippen MR) is 57.9 cm³/mol. The molecule has 1 N–H and O–H groups in total. The van der Waals surface area contributed by atoms with Crippen molar-refractivity contribution >= 4 is 11.7 Å². The van der Waals surface area contributed by atoms with E-state index >= 15 is 0 Å². The normalized spacial score (nSPS) is 16.3. The summed E-state index contributed by atoms with van der Waals surface area (Å²) in [6.07, 6.45) is 5.00. The van der Waals surface area contributed by atoms with Gasteiger partial charge in [-0.25, -0.2) is 4.98 Å². The van der Waals surface area contributed by atoms with E-state index in [2.05, 4.69) is 14.9 Å². The molecule has 16 heavy (non-hydrogen) atoms. The summed E-state index contributed by atoms with van der Waals surface area (Å²) in [5, 5.41) is 8.74. The maximum absolute atomic E-state index is 11.2. The molecule has 1 aromatic rings. The second-order valence-electron chi connectivity index (χ2n) is 3.59. The highest BCUT2D eigenvalue weighted by molar-refractivity contribution is 5.77. The summed E-state index contributed by atoms with van der Waals surface area (Å²) in [6.45, 7) is 2.28. The minimum Gasteiger partial charge on any atom is -0.387 e. The lowest BCUT2D eigenvalue weighted by Crippen LogP contribution is -2.49. The molecule has 0 bridgehead atoms. The van der Waals surface area contributed by atoms with Gasteiger partial charge in [0.15, 0.2) is 0 Å². The van der Waals surface area contributed by atoms with E-state index in [9.17, 15) is 4.79 Å². The molecule has 86 valence electrons. The molecule has 0 atom stereocenters. The van der Waals surface area contributed by atoms with E-state index in [1.807, 2.05) is 0 Å². The molecule has 1 aromatic heterocycles. The van der Waals surface area contributed by atoms with Crippen molar-refractivity contribution in [3.8, 4) is 0 Å². The molecule has 0 aliphatic carbocycles. The number of carbonyl (C=O) groups is 1. The van der Waals surface area contributed by atoms with Gasteiger partial charge in [0.05, 0.1) is 6.20 Å². The van der Waals surface area contributed by atoms with Crippen LogP contribution in [0, 0.1) is 0 Å². The third-order valence-electron chi connectivity index (χ3n) is 2.64. The van der Waals surface area contributed by atoms with Gasteiger partial charge in [-0.1, -0.05) is 0 Å². The summed E-state index contributed by atoms with van der Waals surface area (Å²) < 4.78 is 0. The Hall–Kier alpha value is -1.69. The standard InChI is InChI=1S/C10H14N4O2/c15-8-10(16)14-5-3-13(4-6-14)9-7-11-1-2-12-9/h1-2,7,15H,3-6,8H2. The number of aliphatic hydroxyl groups is 1. The molecule has 0 aromatic carbocycles. The molecule has 0 saturated carbocycles. The van der Waals surface area contributed by atoms with Gasteiger partial charge in [-0.15, -0.1) is 0 Å². The Morgan fingerprint density at radius 2 is 2.06 bits per heavy atom. The Labute approximate surface area is 93.5 Å². The molecule has 1 aliphatic rings. The fourth-order valence-electron chi connectivity index (χ4n) is 1.74. The number of carbonyl (C=O) groups excluding carboxylic acids is 1. The zero-order valence-electron chi connectivity index (χ0n) is 8.91. The number of piperazine rings is 1. The number of aromatic nitrogens is 2. The molecule has 0 radical (unpaired) electrons. The fourth-order valence-corrected chi connectivity index (χ4v) is 1.74. The SMILES string of the molecule is O=C(CO)N1CCN(c2cnccn2)CC1. The Morgan fingerprint density at radius 3 is 2.62 bits per heavy atom. The van der Waals surface area contributed by atoms with Crippen molar-refractivity contribution in [1.29, 1.82) is 0 Å². The van der Waals surface area contributed by atoms with Crippen molar-refractivity contribution in [3.63, 3.8) is 0 Å². The average Bonchev–Trinajstić information content (AvgIpc) is 2.39. The summed E-state index contributed by atoms with van der Waals surface area (Å²) >= 11 is 0. The Morgan fingerprint density at radius 1 is 1.31 bits per heavy atom.